The number of rotatable bonds is 5. The molecule has 0 aliphatic heterocycles. The summed E-state index contributed by atoms with van der Waals surface area (Å²) in [7, 11) is 1.52. The van der Waals surface area contributed by atoms with Gasteiger partial charge in [0.25, 0.3) is 11.8 Å². The third-order valence-electron chi connectivity index (χ3n) is 5.91. The van der Waals surface area contributed by atoms with Crippen molar-refractivity contribution in [2.75, 3.05) is 12.4 Å². The number of nitrogens with zero attached hydrogens (tertiary/aromatic N) is 1. The molecule has 0 fully saturated rings. The smallest absolute Gasteiger partial charge is 0.261 e. The van der Waals surface area contributed by atoms with Gasteiger partial charge < -0.3 is 20.2 Å². The van der Waals surface area contributed by atoms with Crippen LogP contribution in [0.1, 0.15) is 44.0 Å². The van der Waals surface area contributed by atoms with Gasteiger partial charge in [-0.15, -0.1) is 11.3 Å². The van der Waals surface area contributed by atoms with Crippen LogP contribution in [0.25, 0.3) is 11.0 Å². The number of benzene rings is 2. The monoisotopic (exact) mass is 491 g/mol. The molecule has 178 valence electrons. The van der Waals surface area contributed by atoms with Crippen LogP contribution >= 0.6 is 11.3 Å². The van der Waals surface area contributed by atoms with E-state index in [1.165, 1.54) is 42.7 Å². The van der Waals surface area contributed by atoms with E-state index in [0.717, 1.165) is 36.1 Å². The molecule has 1 aliphatic rings. The van der Waals surface area contributed by atoms with Crippen LogP contribution < -0.4 is 21.3 Å². The maximum atomic E-state index is 13.3. The van der Waals surface area contributed by atoms with Gasteiger partial charge in [-0.1, -0.05) is 12.1 Å². The third-order valence-corrected chi connectivity index (χ3v) is 7.09. The van der Waals surface area contributed by atoms with Crippen LogP contribution in [0.3, 0.4) is 0 Å². The molecule has 2 aromatic heterocycles. The number of carbonyl (C=O) groups is 2. The van der Waals surface area contributed by atoms with Crippen molar-refractivity contribution in [1.29, 1.82) is 0 Å². The van der Waals surface area contributed by atoms with E-state index in [0.29, 0.717) is 33.0 Å². The van der Waals surface area contributed by atoms with E-state index in [4.69, 9.17) is 14.9 Å². The van der Waals surface area contributed by atoms with E-state index < -0.39 is 17.6 Å². The molecule has 0 unspecified atom stereocenters. The Labute approximate surface area is 204 Å². The van der Waals surface area contributed by atoms with Crippen molar-refractivity contribution in [3.8, 4) is 5.75 Å². The second-order valence-electron chi connectivity index (χ2n) is 8.17. The van der Waals surface area contributed by atoms with Crippen molar-refractivity contribution in [3.63, 3.8) is 0 Å². The topological polar surface area (TPSA) is 107 Å². The highest BCUT2D eigenvalue weighted by molar-refractivity contribution is 7.16. The highest BCUT2D eigenvalue weighted by atomic mass is 32.1. The molecule has 5 rings (SSSR count). The van der Waals surface area contributed by atoms with E-state index in [1.807, 2.05) is 0 Å². The standard InChI is InChI=1S/C26H22FN3O4S/c1-33-19-7-4-5-14-13-18(24(32)29-16-11-9-15(27)10-12-16)25(34-22(14)19)30-26-21(23(28)31)17-6-2-3-8-20(17)35-26/h4-5,7,9-13H,2-3,6,8H2,1H3,(H2,28,31)(H,29,32)/b30-25+. The second-order valence-corrected chi connectivity index (χ2v) is 9.26. The van der Waals surface area contributed by atoms with Crippen LogP contribution in [0, 0.1) is 5.82 Å². The minimum absolute atomic E-state index is 0.0164. The number of methoxy groups -OCH3 is 1. The number of para-hydroxylation sites is 1. The van der Waals surface area contributed by atoms with Gasteiger partial charge in [0.1, 0.15) is 16.4 Å². The largest absolute Gasteiger partial charge is 0.493 e. The number of nitrogens with one attached hydrogen (secondary N) is 1. The molecule has 0 saturated carbocycles. The quantitative estimate of drug-likeness (QED) is 0.405. The van der Waals surface area contributed by atoms with E-state index in [1.54, 1.807) is 24.3 Å². The average Bonchev–Trinajstić information content (AvgIpc) is 3.22. The number of hydrogen-bond acceptors (Lipinski definition) is 6. The van der Waals surface area contributed by atoms with Crippen LogP contribution in [-0.2, 0) is 12.8 Å². The summed E-state index contributed by atoms with van der Waals surface area (Å²) in [6, 6.07) is 12.4. The number of nitrogens with two attached hydrogens (primary N) is 1. The van der Waals surface area contributed by atoms with Gasteiger partial charge in [-0.3, -0.25) is 9.59 Å². The number of primary amides is 1. The van der Waals surface area contributed by atoms with E-state index >= 15 is 0 Å². The molecule has 1 aliphatic carbocycles. The molecular weight excluding hydrogens is 469 g/mol. The number of ether oxygens (including phenoxy) is 1. The number of fused-ring (bicyclic) bond motifs is 2. The minimum atomic E-state index is -0.557. The van der Waals surface area contributed by atoms with Crippen molar-refractivity contribution >= 4 is 44.8 Å². The van der Waals surface area contributed by atoms with Gasteiger partial charge in [0, 0.05) is 16.0 Å². The molecule has 2 aromatic carbocycles. The first-order valence-corrected chi connectivity index (χ1v) is 11.9. The fourth-order valence-electron chi connectivity index (χ4n) is 4.24. The third kappa shape index (κ3) is 4.42. The molecule has 0 saturated heterocycles. The van der Waals surface area contributed by atoms with Gasteiger partial charge in [-0.2, -0.15) is 0 Å². The molecule has 35 heavy (non-hydrogen) atoms. The summed E-state index contributed by atoms with van der Waals surface area (Å²) in [5.74, 6) is -0.984. The van der Waals surface area contributed by atoms with Gasteiger partial charge in [-0.25, -0.2) is 9.38 Å². The molecule has 4 aromatic rings. The fraction of sp³-hybridized carbons (Fsp3) is 0.192. The number of anilines is 1. The Morgan fingerprint density at radius 3 is 2.66 bits per heavy atom. The molecule has 2 amide bonds. The molecule has 3 N–H and O–H groups in total. The number of thiophene rings is 1. The maximum Gasteiger partial charge on any atom is 0.261 e. The van der Waals surface area contributed by atoms with Crippen molar-refractivity contribution in [2.45, 2.75) is 25.7 Å². The second kappa shape index (κ2) is 9.34. The zero-order valence-electron chi connectivity index (χ0n) is 18.9. The molecular formula is C26H22FN3O4S. The zero-order chi connectivity index (χ0) is 24.5. The van der Waals surface area contributed by atoms with Crippen molar-refractivity contribution in [1.82, 2.24) is 0 Å². The first kappa shape index (κ1) is 22.8. The van der Waals surface area contributed by atoms with Gasteiger partial charge in [0.05, 0.1) is 12.7 Å². The van der Waals surface area contributed by atoms with Gasteiger partial charge >= 0.3 is 0 Å². The lowest BCUT2D eigenvalue weighted by Crippen LogP contribution is -2.22. The highest BCUT2D eigenvalue weighted by Crippen LogP contribution is 2.39. The number of aryl methyl sites for hydroxylation is 1. The Morgan fingerprint density at radius 2 is 1.91 bits per heavy atom. The molecule has 0 atom stereocenters. The molecule has 2 heterocycles. The van der Waals surface area contributed by atoms with Crippen LogP contribution in [-0.4, -0.2) is 18.9 Å². The maximum absolute atomic E-state index is 13.3. The van der Waals surface area contributed by atoms with Crippen LogP contribution in [0.5, 0.6) is 5.75 Å². The Bertz CT molecular complexity index is 1520. The lowest BCUT2D eigenvalue weighted by atomic mass is 9.95. The first-order valence-electron chi connectivity index (χ1n) is 11.1. The van der Waals surface area contributed by atoms with E-state index in [2.05, 4.69) is 10.3 Å². The predicted octanol–water partition coefficient (Wildman–Crippen LogP) is 5.10. The lowest BCUT2D eigenvalue weighted by molar-refractivity contribution is 0.0997. The number of carbonyl (C=O) groups excluding carboxylic acids is 2. The summed E-state index contributed by atoms with van der Waals surface area (Å²) in [5, 5.41) is 3.79. The molecule has 0 spiro atoms. The Morgan fingerprint density at radius 1 is 1.14 bits per heavy atom. The molecule has 9 heteroatoms. The summed E-state index contributed by atoms with van der Waals surface area (Å²) in [6.07, 6.45) is 3.64. The zero-order valence-corrected chi connectivity index (χ0v) is 19.7. The van der Waals surface area contributed by atoms with Gasteiger partial charge in [0.15, 0.2) is 11.3 Å². The normalized spacial score (nSPS) is 13.5. The van der Waals surface area contributed by atoms with Crippen molar-refractivity contribution in [2.24, 2.45) is 10.7 Å². The Hall–Kier alpha value is -3.98. The SMILES string of the molecule is COc1cccc2cc(C(=O)Nc3ccc(F)cc3)/c(=N\c3sc4c(c3C(N)=O)CCCC4)oc12. The minimum Gasteiger partial charge on any atom is -0.493 e. The van der Waals surface area contributed by atoms with Crippen LogP contribution in [0.15, 0.2) is 57.9 Å². The average molecular weight is 492 g/mol. The summed E-state index contributed by atoms with van der Waals surface area (Å²) in [6.45, 7) is 0. The molecule has 7 nitrogen and oxygen atoms in total. The van der Waals surface area contributed by atoms with E-state index in [-0.39, 0.29) is 11.1 Å². The van der Waals surface area contributed by atoms with Crippen molar-refractivity contribution in [3.05, 3.63) is 81.5 Å². The highest BCUT2D eigenvalue weighted by Gasteiger charge is 2.25. The first-order chi connectivity index (χ1) is 16.9. The van der Waals surface area contributed by atoms with Crippen molar-refractivity contribution < 1.29 is 23.1 Å². The number of hydrogen-bond donors (Lipinski definition) is 2. The van der Waals surface area contributed by atoms with Crippen LogP contribution in [0.4, 0.5) is 15.1 Å². The van der Waals surface area contributed by atoms with Crippen LogP contribution in [0.2, 0.25) is 0 Å². The van der Waals surface area contributed by atoms with E-state index in [9.17, 15) is 14.0 Å². The summed E-state index contributed by atoms with van der Waals surface area (Å²) >= 11 is 1.39. The fourth-order valence-corrected chi connectivity index (χ4v) is 5.50. The Balaban J connectivity index is 1.71. The molecule has 0 bridgehead atoms. The van der Waals surface area contributed by atoms with Gasteiger partial charge in [-0.05, 0) is 67.6 Å². The Kier molecular flexibility index (Phi) is 6.08. The lowest BCUT2D eigenvalue weighted by Gasteiger charge is -2.10. The number of amides is 2. The molecule has 0 radical (unpaired) electrons. The summed E-state index contributed by atoms with van der Waals surface area (Å²) in [4.78, 5) is 31.4. The predicted molar refractivity (Wildman–Crippen MR) is 132 cm³/mol. The number of halogens is 1. The summed E-state index contributed by atoms with van der Waals surface area (Å²) in [5.41, 5.74) is 8.04. The van der Waals surface area contributed by atoms with Gasteiger partial charge in [0.2, 0.25) is 5.55 Å². The summed E-state index contributed by atoms with van der Waals surface area (Å²) < 4.78 is 24.8.